The molecule has 0 bridgehead atoms. The Balaban J connectivity index is 0.000000164. The number of hydrazine groups is 1. The Morgan fingerprint density at radius 3 is 1.31 bits per heavy atom. The first-order valence-electron chi connectivity index (χ1n) is 42.6. The minimum Gasteiger partial charge on any atom is -0.383 e. The summed E-state index contributed by atoms with van der Waals surface area (Å²) >= 11 is 13.0. The zero-order valence-corrected chi connectivity index (χ0v) is 76.2. The summed E-state index contributed by atoms with van der Waals surface area (Å²) in [6.07, 6.45) is 9.80. The lowest BCUT2D eigenvalue weighted by Gasteiger charge is -2.33. The zero-order chi connectivity index (χ0) is 88.9. The first kappa shape index (κ1) is 93.3. The standard InChI is InChI=1S/C27H38N8O.C25H32Cl2N8O.C23H31N7O.C16H21N5/c1-18(2)30-27(36)33-25-22(23-19(3)8-6-9-20(23)4)16-21-17-29-26(32-24(21)31-25)28-10-7-11-35-14-12-34(5)13-15-35;1-16(2)30-25(36)33-23-18(21-19(26)6-4-7-20(21)27)14-17-15-29-24(32-22(17)31-23)28-8-5-9-35-12-10-34(3)11-13-35;1-6-24-23(31)29-21-18(19-15(2)9-7-10-16(19)3)13-17-14-26-22(28-20(17)27-21)25-11-8-12-30(4)5;1-10-5-7-11(8-6-10)13-12-14(17)18-9-19-15(12)21(20-13)16(2,3)4/h6,8-9,16-18H,7,10-15H2,1-5H3,(H3,28,29,30,31,32,33,36);4,6-7,14-16H,5,8-13H2,1-3H3,(H3,28,29,30,31,32,33,36);7,9-10,13-14H,6,8,11-12H2,1-5H3,(H3,24,25,26,27,28,29,31);5-9,13,20H,1-4H3,(H2,17,18,19). The van der Waals surface area contributed by atoms with Crippen molar-refractivity contribution in [3.05, 3.63) is 171 Å². The summed E-state index contributed by atoms with van der Waals surface area (Å²) in [5.74, 6) is 4.24. The van der Waals surface area contributed by atoms with Gasteiger partial charge in [0.05, 0.1) is 21.7 Å². The molecule has 4 aromatic carbocycles. The van der Waals surface area contributed by atoms with Crippen LogP contribution in [0, 0.1) is 34.6 Å². The highest BCUT2D eigenvalue weighted by Crippen LogP contribution is 2.43. The normalized spacial score (nSPS) is 14.4. The molecule has 124 heavy (non-hydrogen) atoms. The van der Waals surface area contributed by atoms with Crippen molar-refractivity contribution in [1.29, 1.82) is 0 Å². The van der Waals surface area contributed by atoms with Crippen LogP contribution in [0.1, 0.15) is 120 Å². The number of nitrogen functional groups attached to an aromatic ring is 1. The Morgan fingerprint density at radius 2 is 0.919 bits per heavy atom. The first-order valence-corrected chi connectivity index (χ1v) is 43.3. The van der Waals surface area contributed by atoms with Crippen LogP contribution in [0.4, 0.5) is 61.3 Å². The second-order valence-corrected chi connectivity index (χ2v) is 34.3. The molecule has 11 aromatic rings. The molecule has 3 aliphatic rings. The molecule has 3 aliphatic heterocycles. The Morgan fingerprint density at radius 1 is 0.524 bits per heavy atom. The van der Waals surface area contributed by atoms with E-state index < -0.39 is 0 Å². The maximum Gasteiger partial charge on any atom is 0.320 e. The number of benzene rings is 4. The van der Waals surface area contributed by atoms with Crippen LogP contribution in [-0.4, -0.2) is 241 Å². The van der Waals surface area contributed by atoms with Gasteiger partial charge in [0, 0.05) is 153 Å². The van der Waals surface area contributed by atoms with E-state index in [0.717, 1.165) is 183 Å². The second-order valence-electron chi connectivity index (χ2n) is 33.5. The minimum atomic E-state index is -0.377. The highest BCUT2D eigenvalue weighted by molar-refractivity contribution is 6.39. The number of fused-ring (bicyclic) bond motifs is 4. The fraction of sp³-hybridized carbons (Fsp3) is 0.429. The van der Waals surface area contributed by atoms with Gasteiger partial charge in [-0.25, -0.2) is 59.7 Å². The van der Waals surface area contributed by atoms with Gasteiger partial charge in [-0.3, -0.25) is 21.0 Å². The Labute approximate surface area is 738 Å². The summed E-state index contributed by atoms with van der Waals surface area (Å²) in [6, 6.07) is 30.9. The van der Waals surface area contributed by atoms with E-state index in [4.69, 9.17) is 38.9 Å². The summed E-state index contributed by atoms with van der Waals surface area (Å²) in [7, 11) is 8.43. The number of pyridine rings is 3. The summed E-state index contributed by atoms with van der Waals surface area (Å²) in [5, 5.41) is 32.3. The van der Waals surface area contributed by atoms with Crippen molar-refractivity contribution in [3.63, 3.8) is 0 Å². The number of anilines is 8. The van der Waals surface area contributed by atoms with Crippen molar-refractivity contribution in [3.8, 4) is 33.4 Å². The molecule has 14 rings (SSSR count). The second kappa shape index (κ2) is 43.8. The van der Waals surface area contributed by atoms with Gasteiger partial charge in [0.25, 0.3) is 0 Å². The van der Waals surface area contributed by atoms with Gasteiger partial charge in [-0.15, -0.1) is 0 Å². The maximum absolute atomic E-state index is 12.6. The molecular formula is C91H122Cl2N28O3. The molecule has 6 amide bonds. The van der Waals surface area contributed by atoms with E-state index in [9.17, 15) is 14.4 Å². The number of amides is 6. The van der Waals surface area contributed by atoms with Crippen LogP contribution in [-0.2, 0) is 0 Å². The molecule has 7 aromatic heterocycles. The lowest BCUT2D eigenvalue weighted by atomic mass is 9.95. The number of halogens is 2. The topological polar surface area (TPSA) is 359 Å². The molecule has 1 atom stereocenters. The third-order valence-electron chi connectivity index (χ3n) is 21.2. The smallest absolute Gasteiger partial charge is 0.320 e. The van der Waals surface area contributed by atoms with Crippen LogP contribution in [0.2, 0.25) is 10.0 Å². The number of hydrogen-bond donors (Lipinski definition) is 11. The highest BCUT2D eigenvalue weighted by atomic mass is 35.5. The Kier molecular flexibility index (Phi) is 32.9. The average molecular weight is 1730 g/mol. The summed E-state index contributed by atoms with van der Waals surface area (Å²) in [5.41, 5.74) is 23.9. The van der Waals surface area contributed by atoms with E-state index in [1.807, 2.05) is 79.0 Å². The van der Waals surface area contributed by atoms with Gasteiger partial charge in [0.15, 0.2) is 22.8 Å². The average Bonchev–Trinajstić information content (AvgIpc) is 1.69. The number of nitrogens with one attached hydrogen (secondary N) is 10. The van der Waals surface area contributed by atoms with Crippen LogP contribution in [0.5, 0.6) is 0 Å². The Bertz CT molecular complexity index is 5210. The molecule has 658 valence electrons. The lowest BCUT2D eigenvalue weighted by molar-refractivity contribution is 0.154. The van der Waals surface area contributed by atoms with Crippen LogP contribution < -0.4 is 64.0 Å². The van der Waals surface area contributed by atoms with Crippen molar-refractivity contribution in [2.75, 3.05) is 169 Å². The van der Waals surface area contributed by atoms with Crippen molar-refractivity contribution < 1.29 is 14.4 Å². The molecule has 10 heterocycles. The predicted octanol–water partition coefficient (Wildman–Crippen LogP) is 14.9. The van der Waals surface area contributed by atoms with Gasteiger partial charge >= 0.3 is 18.1 Å². The van der Waals surface area contributed by atoms with E-state index in [1.165, 1.54) is 11.9 Å². The molecule has 0 aliphatic carbocycles. The fourth-order valence-electron chi connectivity index (χ4n) is 14.7. The number of nitrogens with two attached hydrogens (primary N) is 1. The quantitative estimate of drug-likeness (QED) is 0.0237. The van der Waals surface area contributed by atoms with E-state index >= 15 is 0 Å². The van der Waals surface area contributed by atoms with Gasteiger partial charge in [-0.05, 0) is 226 Å². The molecule has 0 saturated carbocycles. The third-order valence-corrected chi connectivity index (χ3v) is 21.8. The number of carbonyl (C=O) groups is 3. The number of hydrogen-bond acceptors (Lipinski definition) is 25. The van der Waals surface area contributed by atoms with Gasteiger partial charge in [-0.1, -0.05) is 95.5 Å². The van der Waals surface area contributed by atoms with Crippen LogP contribution >= 0.6 is 23.2 Å². The number of aromatic nitrogens is 11. The number of carbonyl (C=O) groups excluding carboxylic acids is 3. The summed E-state index contributed by atoms with van der Waals surface area (Å²) in [6.45, 7) is 41.1. The molecule has 0 spiro atoms. The zero-order valence-electron chi connectivity index (χ0n) is 74.7. The van der Waals surface area contributed by atoms with Crippen LogP contribution in [0.15, 0.2) is 122 Å². The monoisotopic (exact) mass is 1720 g/mol. The molecular weight excluding hydrogens is 1600 g/mol. The summed E-state index contributed by atoms with van der Waals surface area (Å²) in [4.78, 5) is 99.2. The van der Waals surface area contributed by atoms with Crippen molar-refractivity contribution >= 4 is 121 Å². The van der Waals surface area contributed by atoms with E-state index in [0.29, 0.717) is 91.2 Å². The number of aryl methyl sites for hydroxylation is 5. The Hall–Kier alpha value is -11.4. The molecule has 2 saturated heterocycles. The van der Waals surface area contributed by atoms with E-state index in [1.54, 1.807) is 36.8 Å². The summed E-state index contributed by atoms with van der Waals surface area (Å²) < 4.78 is 0. The molecule has 2 fully saturated rings. The van der Waals surface area contributed by atoms with Crippen LogP contribution in [0.25, 0.3) is 66.5 Å². The van der Waals surface area contributed by atoms with E-state index in [2.05, 4.69) is 246 Å². The van der Waals surface area contributed by atoms with Gasteiger partial charge in [-0.2, -0.15) is 15.0 Å². The number of piperazine rings is 2. The van der Waals surface area contributed by atoms with Crippen LogP contribution in [0.3, 0.4) is 0 Å². The fourth-order valence-corrected chi connectivity index (χ4v) is 15.3. The minimum absolute atomic E-state index is 0.0121. The number of nitrogens with zero attached hydrogens (tertiary/aromatic N) is 17. The number of likely N-dealkylation sites (N-methyl/N-ethyl adjacent to an activating group) is 2. The molecule has 33 heteroatoms. The number of rotatable bonds is 25. The predicted molar refractivity (Wildman–Crippen MR) is 505 cm³/mol. The third kappa shape index (κ3) is 25.6. The molecule has 12 N–H and O–H groups in total. The van der Waals surface area contributed by atoms with Gasteiger partial charge < -0.3 is 62.1 Å². The van der Waals surface area contributed by atoms with Crippen molar-refractivity contribution in [2.24, 2.45) is 0 Å². The van der Waals surface area contributed by atoms with Gasteiger partial charge in [0.2, 0.25) is 17.8 Å². The highest BCUT2D eigenvalue weighted by Gasteiger charge is 2.39. The maximum atomic E-state index is 12.6. The van der Waals surface area contributed by atoms with Gasteiger partial charge in [0.1, 0.15) is 29.6 Å². The molecule has 1 unspecified atom stereocenters. The number of urea groups is 3. The SMILES string of the molecule is CC(C)NC(=O)Nc1nc2nc(NCCCN3CCN(C)CC3)ncc2cc1-c1c(Cl)cccc1Cl.CCNC(=O)Nc1nc2nc(NCCCN(C)C)ncc2cc1-c1c(C)cccc1C.Cc1ccc(C2NN(C(C)(C)C)c3ncnc(N)c32)cc1.Cc1cccc(C)c1-c1cc2cnc(NCCCN3CCN(C)CC3)nc2nc1NC(=O)NC(C)C. The molecule has 31 nitrogen and oxygen atoms in total. The lowest BCUT2D eigenvalue weighted by Crippen LogP contribution is -2.48. The van der Waals surface area contributed by atoms with Crippen molar-refractivity contribution in [2.45, 2.75) is 133 Å². The van der Waals surface area contributed by atoms with E-state index in [-0.39, 0.29) is 41.8 Å². The first-order chi connectivity index (χ1) is 59.4. The largest absolute Gasteiger partial charge is 0.383 e. The molecule has 0 radical (unpaired) electrons. The van der Waals surface area contributed by atoms with Crippen molar-refractivity contribution in [1.82, 2.24) is 101 Å².